The number of phenolic OH excluding ortho intramolecular Hbond substituents is 1. The molecule has 168 valence electrons. The number of amides is 1. The summed E-state index contributed by atoms with van der Waals surface area (Å²) in [5.74, 6) is 0.0746. The zero-order chi connectivity index (χ0) is 23.2. The number of benzene rings is 2. The predicted molar refractivity (Wildman–Crippen MR) is 123 cm³/mol. The maximum atomic E-state index is 13.6. The van der Waals surface area contributed by atoms with Crippen molar-refractivity contribution in [2.24, 2.45) is 0 Å². The van der Waals surface area contributed by atoms with Crippen LogP contribution in [0.15, 0.2) is 39.5 Å². The lowest BCUT2D eigenvalue weighted by Crippen LogP contribution is -2.32. The molecular formula is C25H28N2O5. The largest absolute Gasteiger partial charge is 0.504 e. The smallest absolute Gasteiger partial charge is 0.290 e. The molecule has 1 amide bonds. The Labute approximate surface area is 186 Å². The molecule has 7 heteroatoms. The van der Waals surface area contributed by atoms with E-state index in [1.54, 1.807) is 17.0 Å². The Hall–Kier alpha value is -3.32. The number of nitrogens with zero attached hydrogens (tertiary/aromatic N) is 2. The summed E-state index contributed by atoms with van der Waals surface area (Å²) in [6, 6.07) is 7.93. The summed E-state index contributed by atoms with van der Waals surface area (Å²) in [4.78, 5) is 30.8. The van der Waals surface area contributed by atoms with Gasteiger partial charge in [-0.15, -0.1) is 0 Å². The van der Waals surface area contributed by atoms with Gasteiger partial charge in [0.25, 0.3) is 5.91 Å². The van der Waals surface area contributed by atoms with E-state index in [2.05, 4.69) is 4.90 Å². The van der Waals surface area contributed by atoms with Gasteiger partial charge in [0.1, 0.15) is 5.58 Å². The molecule has 0 bridgehead atoms. The fourth-order valence-corrected chi connectivity index (χ4v) is 4.27. The van der Waals surface area contributed by atoms with Crippen LogP contribution >= 0.6 is 0 Å². The molecule has 1 aliphatic heterocycles. The van der Waals surface area contributed by atoms with Gasteiger partial charge in [-0.1, -0.05) is 6.07 Å². The summed E-state index contributed by atoms with van der Waals surface area (Å²) in [6.07, 6.45) is 0.740. The average molecular weight is 437 g/mol. The number of hydrogen-bond acceptors (Lipinski definition) is 6. The van der Waals surface area contributed by atoms with E-state index in [0.717, 1.165) is 24.1 Å². The number of rotatable bonds is 6. The van der Waals surface area contributed by atoms with E-state index >= 15 is 0 Å². The summed E-state index contributed by atoms with van der Waals surface area (Å²) in [7, 11) is 5.42. The normalized spacial score (nSPS) is 15.6. The summed E-state index contributed by atoms with van der Waals surface area (Å²) >= 11 is 0. The van der Waals surface area contributed by atoms with Crippen LogP contribution in [0, 0.1) is 13.8 Å². The first-order valence-electron chi connectivity index (χ1n) is 10.6. The zero-order valence-corrected chi connectivity index (χ0v) is 19.1. The minimum Gasteiger partial charge on any atom is -0.504 e. The molecule has 4 rings (SSSR count). The van der Waals surface area contributed by atoms with Gasteiger partial charge in [0, 0.05) is 6.54 Å². The molecule has 0 aliphatic carbocycles. The number of carbonyl (C=O) groups is 1. The van der Waals surface area contributed by atoms with Crippen LogP contribution in [0.25, 0.3) is 11.0 Å². The van der Waals surface area contributed by atoms with Crippen LogP contribution in [-0.4, -0.2) is 55.1 Å². The molecule has 32 heavy (non-hydrogen) atoms. The van der Waals surface area contributed by atoms with Gasteiger partial charge >= 0.3 is 0 Å². The van der Waals surface area contributed by atoms with Gasteiger partial charge in [0.15, 0.2) is 16.9 Å². The highest BCUT2D eigenvalue weighted by Crippen LogP contribution is 2.40. The molecule has 1 unspecified atom stereocenters. The van der Waals surface area contributed by atoms with Crippen LogP contribution in [0.3, 0.4) is 0 Å². The van der Waals surface area contributed by atoms with Crippen LogP contribution < -0.4 is 10.2 Å². The summed E-state index contributed by atoms with van der Waals surface area (Å²) in [5.41, 5.74) is 3.22. The third kappa shape index (κ3) is 3.62. The Bertz CT molecular complexity index is 1260. The number of methoxy groups -OCH3 is 1. The first-order chi connectivity index (χ1) is 15.2. The van der Waals surface area contributed by atoms with Crippen molar-refractivity contribution in [3.05, 3.63) is 68.6 Å². The number of phenols is 1. The molecule has 7 nitrogen and oxygen atoms in total. The number of carbonyl (C=O) groups excluding carboxylic acids is 1. The van der Waals surface area contributed by atoms with Gasteiger partial charge in [-0.05, 0) is 81.9 Å². The molecule has 0 radical (unpaired) electrons. The van der Waals surface area contributed by atoms with Crippen LogP contribution in [0.4, 0.5) is 0 Å². The summed E-state index contributed by atoms with van der Waals surface area (Å²) in [6.45, 7) is 5.15. The van der Waals surface area contributed by atoms with Crippen molar-refractivity contribution >= 4 is 16.9 Å². The molecule has 0 fully saturated rings. The minimum atomic E-state index is -0.614. The molecular weight excluding hydrogens is 408 g/mol. The summed E-state index contributed by atoms with van der Waals surface area (Å²) < 4.78 is 11.3. The van der Waals surface area contributed by atoms with E-state index in [4.69, 9.17) is 9.15 Å². The van der Waals surface area contributed by atoms with Gasteiger partial charge in [-0.3, -0.25) is 9.59 Å². The van der Waals surface area contributed by atoms with Crippen molar-refractivity contribution in [1.82, 2.24) is 9.80 Å². The van der Waals surface area contributed by atoms with Gasteiger partial charge in [-0.25, -0.2) is 0 Å². The number of hydrogen-bond donors (Lipinski definition) is 1. The Morgan fingerprint density at radius 1 is 1.12 bits per heavy atom. The molecule has 1 atom stereocenters. The maximum Gasteiger partial charge on any atom is 0.290 e. The van der Waals surface area contributed by atoms with Crippen molar-refractivity contribution in [3.8, 4) is 11.5 Å². The van der Waals surface area contributed by atoms with E-state index in [0.29, 0.717) is 28.6 Å². The number of ether oxygens (including phenoxy) is 1. The van der Waals surface area contributed by atoms with E-state index in [1.807, 2.05) is 40.1 Å². The molecule has 0 saturated carbocycles. The van der Waals surface area contributed by atoms with Crippen LogP contribution in [0.1, 0.15) is 45.3 Å². The topological polar surface area (TPSA) is 83.2 Å². The Balaban J connectivity index is 1.92. The molecule has 0 spiro atoms. The predicted octanol–water partition coefficient (Wildman–Crippen LogP) is 3.62. The van der Waals surface area contributed by atoms with E-state index in [1.165, 1.54) is 13.2 Å². The standard InChI is InChI=1S/C25H28N2O5/c1-14-11-17-19(12-15(14)2)32-24-21(23(17)29)22(16-7-8-18(28)20(13-16)31-5)27(25(24)30)10-6-9-26(3)4/h7-8,11-13,22,28H,6,9-10H2,1-5H3. The Kier molecular flexibility index (Phi) is 5.69. The highest BCUT2D eigenvalue weighted by molar-refractivity contribution is 5.99. The molecule has 1 aliphatic rings. The molecule has 2 aromatic carbocycles. The van der Waals surface area contributed by atoms with E-state index in [-0.39, 0.29) is 28.6 Å². The first kappa shape index (κ1) is 21.9. The molecule has 3 aromatic rings. The number of aryl methyl sites for hydroxylation is 2. The third-order valence-electron chi connectivity index (χ3n) is 6.11. The van der Waals surface area contributed by atoms with Gasteiger partial charge in [-0.2, -0.15) is 0 Å². The van der Waals surface area contributed by atoms with Gasteiger partial charge < -0.3 is 24.1 Å². The first-order valence-corrected chi connectivity index (χ1v) is 10.6. The van der Waals surface area contributed by atoms with Gasteiger partial charge in [0.2, 0.25) is 5.76 Å². The van der Waals surface area contributed by atoms with Crippen molar-refractivity contribution in [2.75, 3.05) is 34.3 Å². The fraction of sp³-hybridized carbons (Fsp3) is 0.360. The van der Waals surface area contributed by atoms with Gasteiger partial charge in [0.05, 0.1) is 24.1 Å². The number of fused-ring (bicyclic) bond motifs is 2. The van der Waals surface area contributed by atoms with Crippen molar-refractivity contribution in [3.63, 3.8) is 0 Å². The lowest BCUT2D eigenvalue weighted by molar-refractivity contribution is 0.0722. The lowest BCUT2D eigenvalue weighted by Gasteiger charge is -2.26. The van der Waals surface area contributed by atoms with Crippen molar-refractivity contribution in [1.29, 1.82) is 0 Å². The van der Waals surface area contributed by atoms with Crippen LogP contribution in [0.5, 0.6) is 11.5 Å². The second kappa shape index (κ2) is 8.31. The third-order valence-corrected chi connectivity index (χ3v) is 6.11. The SMILES string of the molecule is COc1cc(C2c3c(oc4cc(C)c(C)cc4c3=O)C(=O)N2CCCN(C)C)ccc1O. The van der Waals surface area contributed by atoms with Crippen molar-refractivity contribution in [2.45, 2.75) is 26.3 Å². The molecule has 1 aromatic heterocycles. The Morgan fingerprint density at radius 3 is 2.53 bits per heavy atom. The van der Waals surface area contributed by atoms with Crippen molar-refractivity contribution < 1.29 is 19.1 Å². The van der Waals surface area contributed by atoms with Crippen LogP contribution in [-0.2, 0) is 0 Å². The lowest BCUT2D eigenvalue weighted by atomic mass is 9.97. The zero-order valence-electron chi connectivity index (χ0n) is 19.1. The highest BCUT2D eigenvalue weighted by atomic mass is 16.5. The second-order valence-electron chi connectivity index (χ2n) is 8.60. The van der Waals surface area contributed by atoms with E-state index < -0.39 is 6.04 Å². The fourth-order valence-electron chi connectivity index (χ4n) is 4.27. The highest BCUT2D eigenvalue weighted by Gasteiger charge is 2.42. The minimum absolute atomic E-state index is 0.00315. The van der Waals surface area contributed by atoms with Crippen LogP contribution in [0.2, 0.25) is 0 Å². The number of aromatic hydroxyl groups is 1. The van der Waals surface area contributed by atoms with E-state index in [9.17, 15) is 14.7 Å². The quantitative estimate of drug-likeness (QED) is 0.636. The molecule has 1 N–H and O–H groups in total. The maximum absolute atomic E-state index is 13.6. The molecule has 0 saturated heterocycles. The summed E-state index contributed by atoms with van der Waals surface area (Å²) in [5, 5.41) is 10.5. The monoisotopic (exact) mass is 436 g/mol. The Morgan fingerprint density at radius 2 is 1.84 bits per heavy atom. The average Bonchev–Trinajstić information content (AvgIpc) is 3.02. The second-order valence-corrected chi connectivity index (χ2v) is 8.60. The molecule has 2 heterocycles.